The molecule has 5 nitrogen and oxygen atoms in total. The second-order valence-corrected chi connectivity index (χ2v) is 8.26. The molecule has 0 heterocycles. The quantitative estimate of drug-likeness (QED) is 0.281. The van der Waals surface area contributed by atoms with Crippen molar-refractivity contribution in [2.45, 2.75) is 41.0 Å². The Morgan fingerprint density at radius 2 is 1.60 bits per heavy atom. The number of nitrogen functional groups attached to an aromatic ring is 1. The van der Waals surface area contributed by atoms with Gasteiger partial charge in [-0.2, -0.15) is 0 Å². The summed E-state index contributed by atoms with van der Waals surface area (Å²) in [4.78, 5) is 25.2. The Labute approximate surface area is 177 Å². The van der Waals surface area contributed by atoms with Crippen LogP contribution in [0.5, 0.6) is 5.75 Å². The molecular formula is C25H30N2O3. The van der Waals surface area contributed by atoms with Gasteiger partial charge in [-0.3, -0.25) is 9.59 Å². The van der Waals surface area contributed by atoms with Crippen molar-refractivity contribution in [2.75, 3.05) is 11.1 Å². The van der Waals surface area contributed by atoms with E-state index in [1.165, 1.54) is 12.5 Å². The second kappa shape index (κ2) is 9.44. The van der Waals surface area contributed by atoms with E-state index in [2.05, 4.69) is 19.2 Å². The largest absolute Gasteiger partial charge is 0.506 e. The Kier molecular flexibility index (Phi) is 7.22. The molecular weight excluding hydrogens is 376 g/mol. The minimum atomic E-state index is -0.539. The number of amides is 1. The fraction of sp³-hybridized carbons (Fsp3) is 0.280. The zero-order valence-electron chi connectivity index (χ0n) is 18.2. The van der Waals surface area contributed by atoms with Gasteiger partial charge in [0, 0.05) is 27.6 Å². The number of fused-ring (bicyclic) bond motifs is 1. The second-order valence-electron chi connectivity index (χ2n) is 8.26. The first-order valence-electron chi connectivity index (χ1n) is 10.1. The van der Waals surface area contributed by atoms with Crippen LogP contribution in [0.1, 0.15) is 61.8 Å². The van der Waals surface area contributed by atoms with Gasteiger partial charge in [0.25, 0.3) is 5.91 Å². The number of nitrogens with one attached hydrogen (secondary N) is 1. The topological polar surface area (TPSA) is 92.4 Å². The zero-order valence-corrected chi connectivity index (χ0v) is 18.2. The number of anilines is 2. The van der Waals surface area contributed by atoms with Crippen LogP contribution in [0.3, 0.4) is 0 Å². The number of hydrogen-bond donors (Lipinski definition) is 3. The molecule has 3 rings (SSSR count). The maximum absolute atomic E-state index is 12.7. The number of rotatable bonds is 3. The number of phenolic OH excluding ortho intramolecular Hbond substituents is 1. The number of nitrogens with two attached hydrogens (primary N) is 1. The predicted octanol–water partition coefficient (Wildman–Crippen LogP) is 6.03. The summed E-state index contributed by atoms with van der Waals surface area (Å²) in [5.41, 5.74) is 6.99. The number of hydrogen-bond acceptors (Lipinski definition) is 4. The highest BCUT2D eigenvalue weighted by atomic mass is 16.3. The van der Waals surface area contributed by atoms with E-state index in [0.29, 0.717) is 27.9 Å². The molecule has 158 valence electrons. The molecule has 0 aromatic heterocycles. The Morgan fingerprint density at radius 1 is 0.967 bits per heavy atom. The number of ketones is 1. The zero-order chi connectivity index (χ0) is 22.5. The summed E-state index contributed by atoms with van der Waals surface area (Å²) in [5.74, 6) is -0.485. The minimum Gasteiger partial charge on any atom is -0.506 e. The third-order valence-electron chi connectivity index (χ3n) is 4.33. The molecule has 3 aromatic rings. The molecule has 0 saturated heterocycles. The van der Waals surface area contributed by atoms with Gasteiger partial charge in [-0.15, -0.1) is 0 Å². The molecule has 0 bridgehead atoms. The van der Waals surface area contributed by atoms with Crippen molar-refractivity contribution in [3.05, 3.63) is 65.7 Å². The molecule has 4 N–H and O–H groups in total. The highest BCUT2D eigenvalue weighted by molar-refractivity contribution is 6.12. The maximum atomic E-state index is 12.7. The van der Waals surface area contributed by atoms with Crippen LogP contribution in [0.2, 0.25) is 0 Å². The first kappa shape index (κ1) is 22.9. The van der Waals surface area contributed by atoms with Gasteiger partial charge >= 0.3 is 0 Å². The average molecular weight is 407 g/mol. The van der Waals surface area contributed by atoms with Gasteiger partial charge in [0.15, 0.2) is 5.78 Å². The van der Waals surface area contributed by atoms with Crippen LogP contribution in [0, 0.1) is 5.41 Å². The van der Waals surface area contributed by atoms with E-state index < -0.39 is 11.3 Å². The lowest BCUT2D eigenvalue weighted by Gasteiger charge is -2.17. The van der Waals surface area contributed by atoms with Crippen LogP contribution in [0.15, 0.2) is 54.6 Å². The van der Waals surface area contributed by atoms with Gasteiger partial charge in [-0.1, -0.05) is 65.3 Å². The number of aromatic hydroxyl groups is 1. The third kappa shape index (κ3) is 5.38. The van der Waals surface area contributed by atoms with E-state index in [0.717, 1.165) is 5.39 Å². The summed E-state index contributed by atoms with van der Waals surface area (Å²) >= 11 is 0. The van der Waals surface area contributed by atoms with Crippen LogP contribution in [-0.2, 0) is 0 Å². The summed E-state index contributed by atoms with van der Waals surface area (Å²) in [6.45, 7) is 9.76. The predicted molar refractivity (Wildman–Crippen MR) is 124 cm³/mol. The van der Waals surface area contributed by atoms with Crippen LogP contribution in [-0.4, -0.2) is 16.8 Å². The van der Waals surface area contributed by atoms with Crippen molar-refractivity contribution in [1.29, 1.82) is 0 Å². The molecule has 0 fully saturated rings. The molecule has 0 unspecified atom stereocenters. The van der Waals surface area contributed by atoms with E-state index >= 15 is 0 Å². The molecule has 0 spiro atoms. The highest BCUT2D eigenvalue weighted by Crippen LogP contribution is 2.33. The van der Waals surface area contributed by atoms with Gasteiger partial charge in [-0.25, -0.2) is 0 Å². The molecule has 0 atom stereocenters. The molecule has 5 heteroatoms. The Hall–Kier alpha value is -3.34. The lowest BCUT2D eigenvalue weighted by Crippen LogP contribution is -2.21. The minimum absolute atomic E-state index is 0.0393. The molecule has 0 aliphatic rings. The summed E-state index contributed by atoms with van der Waals surface area (Å²) < 4.78 is 0. The maximum Gasteiger partial charge on any atom is 0.255 e. The smallest absolute Gasteiger partial charge is 0.255 e. The Morgan fingerprint density at radius 3 is 2.23 bits per heavy atom. The fourth-order valence-corrected chi connectivity index (χ4v) is 2.89. The van der Waals surface area contributed by atoms with E-state index in [-0.39, 0.29) is 11.5 Å². The lowest BCUT2D eigenvalue weighted by molar-refractivity contribution is 0.0858. The van der Waals surface area contributed by atoms with E-state index in [1.54, 1.807) is 48.5 Å². The highest BCUT2D eigenvalue weighted by Gasteiger charge is 2.23. The molecule has 0 aliphatic carbocycles. The Balaban J connectivity index is 0.00000101. The number of carbonyl (C=O) groups is 2. The van der Waals surface area contributed by atoms with Crippen molar-refractivity contribution in [2.24, 2.45) is 5.41 Å². The van der Waals surface area contributed by atoms with Gasteiger partial charge in [0.05, 0.1) is 5.69 Å². The van der Waals surface area contributed by atoms with E-state index in [9.17, 15) is 14.7 Å². The van der Waals surface area contributed by atoms with Gasteiger partial charge in [0.2, 0.25) is 0 Å². The van der Waals surface area contributed by atoms with Gasteiger partial charge in [0.1, 0.15) is 5.75 Å². The molecule has 0 radical (unpaired) electrons. The van der Waals surface area contributed by atoms with E-state index in [1.807, 2.05) is 20.8 Å². The summed E-state index contributed by atoms with van der Waals surface area (Å²) in [7, 11) is 0. The first-order chi connectivity index (χ1) is 14.1. The number of Topliss-reactive ketones (excluding diaryl/α,β-unsaturated/α-hetero) is 1. The van der Waals surface area contributed by atoms with Crippen molar-refractivity contribution in [3.63, 3.8) is 0 Å². The monoisotopic (exact) mass is 406 g/mol. The number of phenols is 1. The first-order valence-corrected chi connectivity index (χ1v) is 10.1. The van der Waals surface area contributed by atoms with Crippen LogP contribution >= 0.6 is 0 Å². The standard InChI is InChI=1S/C22H22N2O3.C3H8/c1-22(2,3)20(26)14-5-4-6-15(11-14)21(27)24-19-17-9-8-16(23)12-13(17)7-10-18(19)25;1-3-2/h4-12,25H,23H2,1-3H3,(H,24,27);3H2,1-2H3. The van der Waals surface area contributed by atoms with Crippen LogP contribution in [0.25, 0.3) is 10.8 Å². The molecule has 0 aliphatic heterocycles. The van der Waals surface area contributed by atoms with Crippen molar-refractivity contribution >= 4 is 33.8 Å². The number of carbonyl (C=O) groups excluding carboxylic acids is 2. The third-order valence-corrected chi connectivity index (χ3v) is 4.33. The molecule has 0 saturated carbocycles. The van der Waals surface area contributed by atoms with Gasteiger partial charge < -0.3 is 16.2 Å². The SMILES string of the molecule is CC(C)(C)C(=O)c1cccc(C(=O)Nc2c(O)ccc3cc(N)ccc23)c1.CCC. The van der Waals surface area contributed by atoms with Crippen molar-refractivity contribution < 1.29 is 14.7 Å². The molecule has 1 amide bonds. The van der Waals surface area contributed by atoms with Crippen molar-refractivity contribution in [3.8, 4) is 5.75 Å². The molecule has 30 heavy (non-hydrogen) atoms. The lowest BCUT2D eigenvalue weighted by atomic mass is 9.86. The molecule has 3 aromatic carbocycles. The Bertz CT molecular complexity index is 1070. The van der Waals surface area contributed by atoms with Crippen LogP contribution < -0.4 is 11.1 Å². The summed E-state index contributed by atoms with van der Waals surface area (Å²) in [6.07, 6.45) is 1.25. The summed E-state index contributed by atoms with van der Waals surface area (Å²) in [6, 6.07) is 15.1. The number of benzene rings is 3. The fourth-order valence-electron chi connectivity index (χ4n) is 2.89. The van der Waals surface area contributed by atoms with Crippen molar-refractivity contribution in [1.82, 2.24) is 0 Å². The van der Waals surface area contributed by atoms with Crippen LogP contribution in [0.4, 0.5) is 11.4 Å². The normalized spacial score (nSPS) is 10.8. The van der Waals surface area contributed by atoms with Gasteiger partial charge in [-0.05, 0) is 35.7 Å². The summed E-state index contributed by atoms with van der Waals surface area (Å²) in [5, 5.41) is 14.5. The average Bonchev–Trinajstić information content (AvgIpc) is 2.69. The van der Waals surface area contributed by atoms with E-state index in [4.69, 9.17) is 5.73 Å².